The SMILES string of the molecule is OC(Cc1ccc(F)c(Cl)c1)c1c(F)cccc1Cl. The zero-order chi connectivity index (χ0) is 14.0. The molecule has 0 fully saturated rings. The van der Waals surface area contributed by atoms with Crippen molar-refractivity contribution >= 4 is 23.2 Å². The number of benzene rings is 2. The molecule has 5 heteroatoms. The molecule has 1 unspecified atom stereocenters. The van der Waals surface area contributed by atoms with Crippen LogP contribution in [0.5, 0.6) is 0 Å². The van der Waals surface area contributed by atoms with Crippen LogP contribution in [-0.2, 0) is 6.42 Å². The lowest BCUT2D eigenvalue weighted by molar-refractivity contribution is 0.173. The molecule has 2 aromatic carbocycles. The third kappa shape index (κ3) is 3.24. The number of hydrogen-bond donors (Lipinski definition) is 1. The van der Waals surface area contributed by atoms with E-state index in [0.717, 1.165) is 0 Å². The first-order valence-electron chi connectivity index (χ1n) is 5.55. The van der Waals surface area contributed by atoms with Crippen molar-refractivity contribution in [3.05, 3.63) is 69.2 Å². The summed E-state index contributed by atoms with van der Waals surface area (Å²) in [5.74, 6) is -1.11. The molecular weight excluding hydrogens is 293 g/mol. The summed E-state index contributed by atoms with van der Waals surface area (Å²) >= 11 is 11.5. The van der Waals surface area contributed by atoms with Gasteiger partial charge < -0.3 is 5.11 Å². The summed E-state index contributed by atoms with van der Waals surface area (Å²) in [5.41, 5.74) is 0.628. The maximum Gasteiger partial charge on any atom is 0.141 e. The van der Waals surface area contributed by atoms with Gasteiger partial charge in [0.2, 0.25) is 0 Å². The summed E-state index contributed by atoms with van der Waals surface area (Å²) < 4.78 is 26.6. The molecule has 19 heavy (non-hydrogen) atoms. The molecule has 0 aromatic heterocycles. The Bertz CT molecular complexity index is 582. The maximum atomic E-state index is 13.6. The molecule has 0 aliphatic heterocycles. The van der Waals surface area contributed by atoms with Gasteiger partial charge in [-0.25, -0.2) is 8.78 Å². The highest BCUT2D eigenvalue weighted by Crippen LogP contribution is 2.29. The van der Waals surface area contributed by atoms with Crippen molar-refractivity contribution in [2.24, 2.45) is 0 Å². The molecule has 0 saturated heterocycles. The standard InChI is InChI=1S/C14H10Cl2F2O/c15-9-2-1-3-12(18)14(9)13(19)7-8-4-5-11(17)10(16)6-8/h1-6,13,19H,7H2. The van der Waals surface area contributed by atoms with E-state index >= 15 is 0 Å². The van der Waals surface area contributed by atoms with Crippen molar-refractivity contribution in [1.29, 1.82) is 0 Å². The summed E-state index contributed by atoms with van der Waals surface area (Å²) in [7, 11) is 0. The van der Waals surface area contributed by atoms with Crippen molar-refractivity contribution in [1.82, 2.24) is 0 Å². The van der Waals surface area contributed by atoms with Crippen LogP contribution in [0.4, 0.5) is 8.78 Å². The largest absolute Gasteiger partial charge is 0.388 e. The molecule has 1 atom stereocenters. The number of hydrogen-bond acceptors (Lipinski definition) is 1. The summed E-state index contributed by atoms with van der Waals surface area (Å²) in [6.45, 7) is 0. The molecule has 1 N–H and O–H groups in total. The third-order valence-corrected chi connectivity index (χ3v) is 3.37. The molecule has 0 radical (unpaired) electrons. The van der Waals surface area contributed by atoms with E-state index < -0.39 is 17.7 Å². The molecule has 0 spiro atoms. The molecule has 0 aliphatic carbocycles. The summed E-state index contributed by atoms with van der Waals surface area (Å²) in [4.78, 5) is 0. The Kier molecular flexibility index (Phi) is 4.40. The Morgan fingerprint density at radius 2 is 1.74 bits per heavy atom. The number of halogens is 4. The Labute approximate surface area is 119 Å². The fraction of sp³-hybridized carbons (Fsp3) is 0.143. The van der Waals surface area contributed by atoms with Gasteiger partial charge in [0.05, 0.1) is 11.1 Å². The predicted octanol–water partition coefficient (Wildman–Crippen LogP) is 4.55. The van der Waals surface area contributed by atoms with Crippen molar-refractivity contribution in [3.8, 4) is 0 Å². The zero-order valence-electron chi connectivity index (χ0n) is 9.71. The van der Waals surface area contributed by atoms with Gasteiger partial charge in [-0.3, -0.25) is 0 Å². The Hall–Kier alpha value is -1.16. The predicted molar refractivity (Wildman–Crippen MR) is 71.5 cm³/mol. The van der Waals surface area contributed by atoms with E-state index in [0.29, 0.717) is 5.56 Å². The van der Waals surface area contributed by atoms with Crippen LogP contribution in [0.15, 0.2) is 36.4 Å². The molecule has 0 aliphatic rings. The molecule has 0 amide bonds. The molecular formula is C14H10Cl2F2O. The second-order valence-electron chi connectivity index (χ2n) is 4.10. The van der Waals surface area contributed by atoms with Gasteiger partial charge in [-0.05, 0) is 29.8 Å². The van der Waals surface area contributed by atoms with Crippen LogP contribution in [0.3, 0.4) is 0 Å². The average Bonchev–Trinajstić information content (AvgIpc) is 2.33. The van der Waals surface area contributed by atoms with E-state index in [9.17, 15) is 13.9 Å². The topological polar surface area (TPSA) is 20.2 Å². The van der Waals surface area contributed by atoms with Crippen molar-refractivity contribution in [3.63, 3.8) is 0 Å². The summed E-state index contributed by atoms with van der Waals surface area (Å²) in [6, 6.07) is 8.27. The van der Waals surface area contributed by atoms with Gasteiger partial charge in [-0.15, -0.1) is 0 Å². The molecule has 2 rings (SSSR count). The summed E-state index contributed by atoms with van der Waals surface area (Å²) in [6.07, 6.45) is -1.02. The molecule has 2 aromatic rings. The van der Waals surface area contributed by atoms with E-state index in [4.69, 9.17) is 23.2 Å². The first-order valence-corrected chi connectivity index (χ1v) is 6.30. The molecule has 100 valence electrons. The van der Waals surface area contributed by atoms with Crippen LogP contribution in [-0.4, -0.2) is 5.11 Å². The average molecular weight is 303 g/mol. The smallest absolute Gasteiger partial charge is 0.141 e. The Balaban J connectivity index is 2.25. The highest BCUT2D eigenvalue weighted by Gasteiger charge is 2.17. The van der Waals surface area contributed by atoms with E-state index in [1.165, 1.54) is 36.4 Å². The van der Waals surface area contributed by atoms with Gasteiger partial charge in [0.1, 0.15) is 11.6 Å². The second kappa shape index (κ2) is 5.87. The van der Waals surface area contributed by atoms with Crippen LogP contribution in [0, 0.1) is 11.6 Å². The highest BCUT2D eigenvalue weighted by molar-refractivity contribution is 6.31. The monoisotopic (exact) mass is 302 g/mol. The van der Waals surface area contributed by atoms with Gasteiger partial charge in [-0.1, -0.05) is 35.3 Å². The summed E-state index contributed by atoms with van der Waals surface area (Å²) in [5, 5.41) is 10.2. The highest BCUT2D eigenvalue weighted by atomic mass is 35.5. The van der Waals surface area contributed by atoms with E-state index in [1.807, 2.05) is 0 Å². The molecule has 0 bridgehead atoms. The second-order valence-corrected chi connectivity index (χ2v) is 4.92. The molecule has 0 saturated carbocycles. The maximum absolute atomic E-state index is 13.6. The normalized spacial score (nSPS) is 12.5. The van der Waals surface area contributed by atoms with E-state index in [2.05, 4.69) is 0 Å². The van der Waals surface area contributed by atoms with Gasteiger partial charge in [0, 0.05) is 17.0 Å². The molecule has 0 heterocycles. The first kappa shape index (κ1) is 14.3. The van der Waals surface area contributed by atoms with Crippen LogP contribution >= 0.6 is 23.2 Å². The fourth-order valence-corrected chi connectivity index (χ4v) is 2.31. The molecule has 1 nitrogen and oxygen atoms in total. The van der Waals surface area contributed by atoms with Crippen LogP contribution in [0.2, 0.25) is 10.0 Å². The minimum Gasteiger partial charge on any atom is -0.388 e. The minimum absolute atomic E-state index is 0.0321. The van der Waals surface area contributed by atoms with Gasteiger partial charge in [0.15, 0.2) is 0 Å². The first-order chi connectivity index (χ1) is 8.99. The van der Waals surface area contributed by atoms with Crippen molar-refractivity contribution in [2.45, 2.75) is 12.5 Å². The zero-order valence-corrected chi connectivity index (χ0v) is 11.2. The Morgan fingerprint density at radius 3 is 2.37 bits per heavy atom. The third-order valence-electron chi connectivity index (χ3n) is 2.75. The van der Waals surface area contributed by atoms with E-state index in [-0.39, 0.29) is 22.0 Å². The van der Waals surface area contributed by atoms with Crippen molar-refractivity contribution in [2.75, 3.05) is 0 Å². The van der Waals surface area contributed by atoms with Crippen LogP contribution in [0.1, 0.15) is 17.2 Å². The van der Waals surface area contributed by atoms with Gasteiger partial charge >= 0.3 is 0 Å². The van der Waals surface area contributed by atoms with E-state index in [1.54, 1.807) is 0 Å². The lowest BCUT2D eigenvalue weighted by Crippen LogP contribution is -2.05. The Morgan fingerprint density at radius 1 is 1.00 bits per heavy atom. The number of aliphatic hydroxyl groups is 1. The van der Waals surface area contributed by atoms with Gasteiger partial charge in [0.25, 0.3) is 0 Å². The van der Waals surface area contributed by atoms with Crippen LogP contribution in [0.25, 0.3) is 0 Å². The number of rotatable bonds is 3. The minimum atomic E-state index is -1.12. The lowest BCUT2D eigenvalue weighted by atomic mass is 10.0. The lowest BCUT2D eigenvalue weighted by Gasteiger charge is -2.14. The fourth-order valence-electron chi connectivity index (χ4n) is 1.82. The number of aliphatic hydroxyl groups excluding tert-OH is 1. The van der Waals surface area contributed by atoms with Gasteiger partial charge in [-0.2, -0.15) is 0 Å². The van der Waals surface area contributed by atoms with Crippen LogP contribution < -0.4 is 0 Å². The van der Waals surface area contributed by atoms with Crippen molar-refractivity contribution < 1.29 is 13.9 Å². The quantitative estimate of drug-likeness (QED) is 0.882.